The minimum Gasteiger partial charge on any atom is -0.337 e. The van der Waals surface area contributed by atoms with E-state index in [2.05, 4.69) is 27.9 Å². The van der Waals surface area contributed by atoms with Crippen molar-refractivity contribution in [1.82, 2.24) is 10.2 Å². The fraction of sp³-hybridized carbons (Fsp3) is 0.500. The third-order valence-corrected chi connectivity index (χ3v) is 4.55. The van der Waals surface area contributed by atoms with Gasteiger partial charge in [0.1, 0.15) is 0 Å². The first kappa shape index (κ1) is 12.4. The summed E-state index contributed by atoms with van der Waals surface area (Å²) < 4.78 is 1.12. The third-order valence-electron chi connectivity index (χ3n) is 3.88. The molecule has 2 bridgehead atoms. The van der Waals surface area contributed by atoms with Crippen LogP contribution in [0.4, 0.5) is 0 Å². The van der Waals surface area contributed by atoms with Crippen LogP contribution in [-0.4, -0.2) is 36.0 Å². The van der Waals surface area contributed by atoms with Crippen molar-refractivity contribution in [2.45, 2.75) is 31.3 Å². The van der Waals surface area contributed by atoms with Crippen molar-refractivity contribution in [2.75, 3.05) is 13.1 Å². The standard InChI is InChI=1S/C14H17IN2O/c15-11-3-1-2-10(8-11)14(18)17-7-6-12-4-5-13(9-17)16-12/h1-3,8,12-13,16H,4-7,9H2. The highest BCUT2D eigenvalue weighted by atomic mass is 127. The van der Waals surface area contributed by atoms with Gasteiger partial charge >= 0.3 is 0 Å². The molecule has 0 radical (unpaired) electrons. The largest absolute Gasteiger partial charge is 0.337 e. The Hall–Kier alpha value is -0.620. The Labute approximate surface area is 121 Å². The first-order chi connectivity index (χ1) is 8.72. The number of likely N-dealkylation sites (tertiary alicyclic amines) is 1. The zero-order chi connectivity index (χ0) is 12.5. The highest BCUT2D eigenvalue weighted by molar-refractivity contribution is 14.1. The lowest BCUT2D eigenvalue weighted by Crippen LogP contribution is -2.39. The Balaban J connectivity index is 1.76. The summed E-state index contributed by atoms with van der Waals surface area (Å²) in [5, 5.41) is 3.61. The first-order valence-electron chi connectivity index (χ1n) is 6.53. The van der Waals surface area contributed by atoms with Crippen LogP contribution in [0.25, 0.3) is 0 Å². The van der Waals surface area contributed by atoms with Gasteiger partial charge in [0.25, 0.3) is 5.91 Å². The molecule has 2 heterocycles. The number of carbonyl (C=O) groups excluding carboxylic acids is 1. The normalized spacial score (nSPS) is 27.1. The van der Waals surface area contributed by atoms with Crippen molar-refractivity contribution in [1.29, 1.82) is 0 Å². The molecule has 1 aromatic carbocycles. The molecule has 0 saturated carbocycles. The number of hydrogen-bond donors (Lipinski definition) is 1. The molecule has 1 N–H and O–H groups in total. The van der Waals surface area contributed by atoms with Crippen LogP contribution in [0, 0.1) is 3.57 Å². The van der Waals surface area contributed by atoms with Crippen LogP contribution >= 0.6 is 22.6 Å². The number of rotatable bonds is 1. The Morgan fingerprint density at radius 2 is 2.11 bits per heavy atom. The number of hydrogen-bond acceptors (Lipinski definition) is 2. The van der Waals surface area contributed by atoms with E-state index >= 15 is 0 Å². The zero-order valence-corrected chi connectivity index (χ0v) is 12.4. The van der Waals surface area contributed by atoms with E-state index in [9.17, 15) is 4.79 Å². The van der Waals surface area contributed by atoms with Crippen molar-refractivity contribution in [3.8, 4) is 0 Å². The highest BCUT2D eigenvalue weighted by Crippen LogP contribution is 2.21. The quantitative estimate of drug-likeness (QED) is 0.783. The van der Waals surface area contributed by atoms with E-state index in [-0.39, 0.29) is 5.91 Å². The minimum atomic E-state index is 0.183. The fourth-order valence-electron chi connectivity index (χ4n) is 2.93. The summed E-state index contributed by atoms with van der Waals surface area (Å²) in [6.07, 6.45) is 3.57. The second-order valence-corrected chi connectivity index (χ2v) is 6.43. The molecule has 4 heteroatoms. The van der Waals surface area contributed by atoms with Gasteiger partial charge < -0.3 is 10.2 Å². The van der Waals surface area contributed by atoms with Crippen LogP contribution in [0.2, 0.25) is 0 Å². The van der Waals surface area contributed by atoms with E-state index < -0.39 is 0 Å². The van der Waals surface area contributed by atoms with Crippen LogP contribution in [0.5, 0.6) is 0 Å². The maximum atomic E-state index is 12.5. The third kappa shape index (κ3) is 2.54. The number of halogens is 1. The van der Waals surface area contributed by atoms with Crippen molar-refractivity contribution in [2.24, 2.45) is 0 Å². The minimum absolute atomic E-state index is 0.183. The van der Waals surface area contributed by atoms with Crippen molar-refractivity contribution >= 4 is 28.5 Å². The SMILES string of the molecule is O=C(c1cccc(I)c1)N1CCC2CCC(C1)N2. The molecule has 0 aromatic heterocycles. The summed E-state index contributed by atoms with van der Waals surface area (Å²) >= 11 is 2.25. The van der Waals surface area contributed by atoms with Gasteiger partial charge in [0, 0.05) is 34.3 Å². The molecule has 0 aliphatic carbocycles. The molecule has 2 aliphatic rings. The van der Waals surface area contributed by atoms with Gasteiger partial charge in [0.2, 0.25) is 0 Å². The summed E-state index contributed by atoms with van der Waals surface area (Å²) in [5.41, 5.74) is 0.819. The average Bonchev–Trinajstić information content (AvgIpc) is 2.68. The molecule has 3 nitrogen and oxygen atoms in total. The van der Waals surface area contributed by atoms with Crippen LogP contribution in [-0.2, 0) is 0 Å². The summed E-state index contributed by atoms with van der Waals surface area (Å²) in [7, 11) is 0. The maximum Gasteiger partial charge on any atom is 0.253 e. The van der Waals surface area contributed by atoms with Gasteiger partial charge in [-0.2, -0.15) is 0 Å². The van der Waals surface area contributed by atoms with Gasteiger partial charge in [-0.05, 0) is 60.1 Å². The molecular weight excluding hydrogens is 339 g/mol. The van der Waals surface area contributed by atoms with Crippen LogP contribution in [0.15, 0.2) is 24.3 Å². The number of benzene rings is 1. The van der Waals surface area contributed by atoms with Crippen molar-refractivity contribution in [3.63, 3.8) is 0 Å². The molecule has 2 saturated heterocycles. The second-order valence-electron chi connectivity index (χ2n) is 5.19. The first-order valence-corrected chi connectivity index (χ1v) is 7.61. The molecule has 0 spiro atoms. The van der Waals surface area contributed by atoms with Crippen LogP contribution < -0.4 is 5.32 Å². The van der Waals surface area contributed by atoms with E-state index in [4.69, 9.17) is 0 Å². The molecule has 1 aromatic rings. The maximum absolute atomic E-state index is 12.5. The van der Waals surface area contributed by atoms with Crippen LogP contribution in [0.1, 0.15) is 29.6 Å². The predicted octanol–water partition coefficient (Wildman–Crippen LogP) is 2.26. The van der Waals surface area contributed by atoms with Gasteiger partial charge in [-0.3, -0.25) is 4.79 Å². The van der Waals surface area contributed by atoms with Gasteiger partial charge in [-0.15, -0.1) is 0 Å². The number of carbonyl (C=O) groups is 1. The van der Waals surface area contributed by atoms with E-state index in [0.29, 0.717) is 12.1 Å². The van der Waals surface area contributed by atoms with Crippen LogP contribution in [0.3, 0.4) is 0 Å². The number of amides is 1. The smallest absolute Gasteiger partial charge is 0.253 e. The summed E-state index contributed by atoms with van der Waals surface area (Å²) in [4.78, 5) is 14.5. The van der Waals surface area contributed by atoms with Gasteiger partial charge in [0.05, 0.1) is 0 Å². The second kappa shape index (κ2) is 5.17. The van der Waals surface area contributed by atoms with E-state index in [1.165, 1.54) is 12.8 Å². The molecule has 96 valence electrons. The van der Waals surface area contributed by atoms with E-state index in [1.807, 2.05) is 29.2 Å². The highest BCUT2D eigenvalue weighted by Gasteiger charge is 2.31. The molecule has 3 rings (SSSR count). The van der Waals surface area contributed by atoms with Gasteiger partial charge in [-0.1, -0.05) is 6.07 Å². The molecule has 2 unspecified atom stereocenters. The molecule has 18 heavy (non-hydrogen) atoms. The monoisotopic (exact) mass is 356 g/mol. The molecular formula is C14H17IN2O. The lowest BCUT2D eigenvalue weighted by Gasteiger charge is -2.24. The number of nitrogens with one attached hydrogen (secondary N) is 1. The Kier molecular flexibility index (Phi) is 3.56. The predicted molar refractivity (Wildman–Crippen MR) is 79.6 cm³/mol. The lowest BCUT2D eigenvalue weighted by atomic mass is 10.1. The zero-order valence-electron chi connectivity index (χ0n) is 10.2. The van der Waals surface area contributed by atoms with E-state index in [0.717, 1.165) is 28.6 Å². The van der Waals surface area contributed by atoms with Crippen molar-refractivity contribution in [3.05, 3.63) is 33.4 Å². The molecule has 1 amide bonds. The van der Waals surface area contributed by atoms with Gasteiger partial charge in [-0.25, -0.2) is 0 Å². The Morgan fingerprint density at radius 3 is 2.94 bits per heavy atom. The lowest BCUT2D eigenvalue weighted by molar-refractivity contribution is 0.0748. The average molecular weight is 356 g/mol. The Bertz CT molecular complexity index is 463. The summed E-state index contributed by atoms with van der Waals surface area (Å²) in [6.45, 7) is 1.75. The summed E-state index contributed by atoms with van der Waals surface area (Å²) in [6, 6.07) is 8.99. The topological polar surface area (TPSA) is 32.3 Å². The molecule has 2 fully saturated rings. The molecule has 2 atom stereocenters. The van der Waals surface area contributed by atoms with Gasteiger partial charge in [0.15, 0.2) is 0 Å². The fourth-order valence-corrected chi connectivity index (χ4v) is 3.47. The molecule has 2 aliphatic heterocycles. The number of fused-ring (bicyclic) bond motifs is 2. The number of nitrogens with zero attached hydrogens (tertiary/aromatic N) is 1. The summed E-state index contributed by atoms with van der Waals surface area (Å²) in [5.74, 6) is 0.183. The van der Waals surface area contributed by atoms with E-state index in [1.54, 1.807) is 0 Å². The van der Waals surface area contributed by atoms with Crippen molar-refractivity contribution < 1.29 is 4.79 Å². The Morgan fingerprint density at radius 1 is 1.28 bits per heavy atom.